The molecular formula is C36H45N7O2. The van der Waals surface area contributed by atoms with Gasteiger partial charge in [0.15, 0.2) is 0 Å². The van der Waals surface area contributed by atoms with Gasteiger partial charge < -0.3 is 20.7 Å². The first-order chi connectivity index (χ1) is 21.7. The molecule has 4 aromatic rings. The highest BCUT2D eigenvalue weighted by molar-refractivity contribution is 5.99. The van der Waals surface area contributed by atoms with E-state index in [2.05, 4.69) is 94.6 Å². The predicted octanol–water partition coefficient (Wildman–Crippen LogP) is 5.12. The normalized spacial score (nSPS) is 22.5. The average molecular weight is 608 g/mol. The zero-order valence-corrected chi connectivity index (χ0v) is 26.8. The van der Waals surface area contributed by atoms with Gasteiger partial charge in [0, 0.05) is 62.3 Å². The molecule has 6 rings (SSSR count). The Hall–Kier alpha value is -4.05. The fourth-order valence-corrected chi connectivity index (χ4v) is 6.55. The number of ether oxygens (including phenoxy) is 1. The third-order valence-corrected chi connectivity index (χ3v) is 9.49. The minimum Gasteiger partial charge on any atom is -0.383 e. The maximum atomic E-state index is 13.3. The number of nitrogens with zero attached hydrogens (tertiary/aromatic N) is 5. The smallest absolute Gasteiger partial charge is 0.255 e. The van der Waals surface area contributed by atoms with E-state index in [0.29, 0.717) is 24.3 Å². The monoisotopic (exact) mass is 607 g/mol. The zero-order valence-electron chi connectivity index (χ0n) is 26.8. The van der Waals surface area contributed by atoms with E-state index in [1.165, 1.54) is 16.7 Å². The van der Waals surface area contributed by atoms with Gasteiger partial charge in [-0.25, -0.2) is 4.98 Å². The van der Waals surface area contributed by atoms with Crippen molar-refractivity contribution in [2.45, 2.75) is 70.5 Å². The maximum absolute atomic E-state index is 13.3. The highest BCUT2D eigenvalue weighted by atomic mass is 16.5. The van der Waals surface area contributed by atoms with Gasteiger partial charge in [-0.3, -0.25) is 14.4 Å². The van der Waals surface area contributed by atoms with E-state index in [1.807, 2.05) is 13.2 Å². The summed E-state index contributed by atoms with van der Waals surface area (Å²) in [5.74, 6) is -0.0150. The topological polar surface area (TPSA) is 102 Å². The lowest BCUT2D eigenvalue weighted by Crippen LogP contribution is -2.54. The second kappa shape index (κ2) is 13.5. The number of likely N-dealkylation sites (N-methyl/N-ethyl adjacent to an activating group) is 1. The Bertz CT molecular complexity index is 1600. The van der Waals surface area contributed by atoms with Crippen LogP contribution in [-0.4, -0.2) is 74.8 Å². The van der Waals surface area contributed by atoms with Crippen LogP contribution in [0.3, 0.4) is 0 Å². The van der Waals surface area contributed by atoms with Crippen molar-refractivity contribution in [1.82, 2.24) is 29.9 Å². The number of anilines is 1. The molecule has 4 atom stereocenters. The van der Waals surface area contributed by atoms with Crippen LogP contribution in [0.1, 0.15) is 54.6 Å². The Kier molecular flexibility index (Phi) is 9.30. The van der Waals surface area contributed by atoms with Crippen molar-refractivity contribution in [3.8, 4) is 22.3 Å². The highest BCUT2D eigenvalue weighted by Gasteiger charge is 2.30. The van der Waals surface area contributed by atoms with Crippen molar-refractivity contribution >= 4 is 11.7 Å². The summed E-state index contributed by atoms with van der Waals surface area (Å²) in [6.45, 7) is 8.33. The van der Waals surface area contributed by atoms with E-state index in [1.54, 1.807) is 23.1 Å². The van der Waals surface area contributed by atoms with Crippen LogP contribution >= 0.6 is 0 Å². The first-order valence-corrected chi connectivity index (χ1v) is 16.0. The fraction of sp³-hybridized carbons (Fsp3) is 0.417. The van der Waals surface area contributed by atoms with E-state index < -0.39 is 0 Å². The molecule has 1 saturated heterocycles. The van der Waals surface area contributed by atoms with Crippen molar-refractivity contribution < 1.29 is 9.53 Å². The summed E-state index contributed by atoms with van der Waals surface area (Å²) in [4.78, 5) is 22.5. The standard InChI is InChI=1S/C36H45N7O2/c1-24-20-43(25(2)19-41(24)3)21-26-8-12-28(13-9-26)29-14-10-27(11-15-29)23-45-34-7-5-6-33(34)40-36(44)32-16-30(17-38-35(32)37)31-18-39-42(4)22-31/h8-18,22,24-25,33-34H,5-7,19-21,23H2,1-4H3,(H2,37,38)(H,40,44)/t24?,25-,33+,34+/m1/s1. The zero-order chi connectivity index (χ0) is 31.5. The van der Waals surface area contributed by atoms with Crippen LogP contribution < -0.4 is 11.1 Å². The molecule has 1 amide bonds. The van der Waals surface area contributed by atoms with Crippen LogP contribution in [-0.2, 0) is 24.9 Å². The van der Waals surface area contributed by atoms with Crippen LogP contribution in [0.25, 0.3) is 22.3 Å². The molecule has 1 aliphatic carbocycles. The SMILES string of the molecule is CC1CN(Cc2ccc(-c3ccc(CO[C@H]4CCC[C@@H]4NC(=O)c4cc(-c5cnn(C)c5)cnc4N)cc3)cc2)[C@H](C)CN1C. The summed E-state index contributed by atoms with van der Waals surface area (Å²) in [7, 11) is 4.07. The summed E-state index contributed by atoms with van der Waals surface area (Å²) in [5.41, 5.74) is 13.0. The number of benzene rings is 2. The van der Waals surface area contributed by atoms with Gasteiger partial charge in [-0.2, -0.15) is 5.10 Å². The maximum Gasteiger partial charge on any atom is 0.255 e. The second-order valence-electron chi connectivity index (χ2n) is 12.9. The molecule has 9 heteroatoms. The number of piperazine rings is 1. The fourth-order valence-electron chi connectivity index (χ4n) is 6.55. The Labute approximate surface area is 266 Å². The Balaban J connectivity index is 1.02. The van der Waals surface area contributed by atoms with E-state index in [0.717, 1.165) is 55.6 Å². The predicted molar refractivity (Wildman–Crippen MR) is 178 cm³/mol. The summed E-state index contributed by atoms with van der Waals surface area (Å²) in [5, 5.41) is 7.38. The number of aromatic nitrogens is 3. The van der Waals surface area contributed by atoms with Crippen molar-refractivity contribution in [2.75, 3.05) is 25.9 Å². The van der Waals surface area contributed by atoms with E-state index >= 15 is 0 Å². The lowest BCUT2D eigenvalue weighted by molar-refractivity contribution is 0.0272. The molecule has 2 fully saturated rings. The highest BCUT2D eigenvalue weighted by Crippen LogP contribution is 2.27. The number of hydrogen-bond donors (Lipinski definition) is 2. The summed E-state index contributed by atoms with van der Waals surface area (Å²) < 4.78 is 8.06. The average Bonchev–Trinajstić information content (AvgIpc) is 3.68. The molecule has 3 N–H and O–H groups in total. The lowest BCUT2D eigenvalue weighted by Gasteiger charge is -2.42. The molecule has 0 bridgehead atoms. The number of carbonyl (C=O) groups is 1. The molecule has 1 aliphatic heterocycles. The number of amides is 1. The van der Waals surface area contributed by atoms with Crippen molar-refractivity contribution in [3.05, 3.63) is 89.9 Å². The molecule has 2 aromatic heterocycles. The molecule has 0 spiro atoms. The van der Waals surface area contributed by atoms with Gasteiger partial charge in [-0.15, -0.1) is 0 Å². The minimum absolute atomic E-state index is 0.0529. The van der Waals surface area contributed by atoms with Crippen LogP contribution in [0.5, 0.6) is 0 Å². The lowest BCUT2D eigenvalue weighted by atomic mass is 10.0. The van der Waals surface area contributed by atoms with Gasteiger partial charge in [-0.05, 0) is 68.5 Å². The van der Waals surface area contributed by atoms with E-state index in [4.69, 9.17) is 10.5 Å². The number of nitrogens with two attached hydrogens (primary N) is 1. The van der Waals surface area contributed by atoms with Crippen LogP contribution in [0, 0.1) is 0 Å². The van der Waals surface area contributed by atoms with E-state index in [-0.39, 0.29) is 23.9 Å². The largest absolute Gasteiger partial charge is 0.383 e. The van der Waals surface area contributed by atoms with Gasteiger partial charge >= 0.3 is 0 Å². The number of nitrogen functional groups attached to an aromatic ring is 1. The summed E-state index contributed by atoms with van der Waals surface area (Å²) >= 11 is 0. The van der Waals surface area contributed by atoms with Crippen LogP contribution in [0.15, 0.2) is 73.2 Å². The molecule has 2 aromatic carbocycles. The quantitative estimate of drug-likeness (QED) is 0.272. The van der Waals surface area contributed by atoms with Crippen LogP contribution in [0.4, 0.5) is 5.82 Å². The van der Waals surface area contributed by atoms with Gasteiger partial charge in [0.2, 0.25) is 0 Å². The number of hydrogen-bond acceptors (Lipinski definition) is 7. The number of aryl methyl sites for hydroxylation is 1. The van der Waals surface area contributed by atoms with E-state index in [9.17, 15) is 4.79 Å². The minimum atomic E-state index is -0.228. The van der Waals surface area contributed by atoms with Gasteiger partial charge in [0.1, 0.15) is 5.82 Å². The molecule has 9 nitrogen and oxygen atoms in total. The number of nitrogens with one attached hydrogen (secondary N) is 1. The Morgan fingerprint density at radius 3 is 2.31 bits per heavy atom. The van der Waals surface area contributed by atoms with Crippen molar-refractivity contribution in [1.29, 1.82) is 0 Å². The van der Waals surface area contributed by atoms with Gasteiger partial charge in [-0.1, -0.05) is 48.5 Å². The Morgan fingerprint density at radius 2 is 1.62 bits per heavy atom. The molecule has 1 saturated carbocycles. The first kappa shape index (κ1) is 31.0. The third-order valence-electron chi connectivity index (χ3n) is 9.49. The number of pyridine rings is 1. The number of rotatable bonds is 9. The molecular weight excluding hydrogens is 562 g/mol. The van der Waals surface area contributed by atoms with Gasteiger partial charge in [0.05, 0.1) is 30.5 Å². The van der Waals surface area contributed by atoms with Crippen molar-refractivity contribution in [2.24, 2.45) is 7.05 Å². The van der Waals surface area contributed by atoms with Crippen molar-refractivity contribution in [3.63, 3.8) is 0 Å². The molecule has 2 aliphatic rings. The third kappa shape index (κ3) is 7.27. The molecule has 0 radical (unpaired) electrons. The summed E-state index contributed by atoms with van der Waals surface area (Å²) in [6, 6.07) is 20.4. The molecule has 3 heterocycles. The second-order valence-corrected chi connectivity index (χ2v) is 12.9. The Morgan fingerprint density at radius 1 is 0.911 bits per heavy atom. The summed E-state index contributed by atoms with van der Waals surface area (Å²) in [6.07, 6.45) is 8.02. The first-order valence-electron chi connectivity index (χ1n) is 16.0. The van der Waals surface area contributed by atoms with Crippen LogP contribution in [0.2, 0.25) is 0 Å². The molecule has 1 unspecified atom stereocenters. The number of carbonyl (C=O) groups excluding carboxylic acids is 1. The molecule has 45 heavy (non-hydrogen) atoms. The molecule has 236 valence electrons. The van der Waals surface area contributed by atoms with Gasteiger partial charge in [0.25, 0.3) is 5.91 Å².